The van der Waals surface area contributed by atoms with Crippen LogP contribution in [0.2, 0.25) is 10.0 Å². The third-order valence-corrected chi connectivity index (χ3v) is 5.78. The van der Waals surface area contributed by atoms with Crippen LogP contribution in [0.4, 0.5) is 0 Å². The first-order valence-electron chi connectivity index (χ1n) is 5.98. The van der Waals surface area contributed by atoms with E-state index in [-0.39, 0.29) is 20.5 Å². The summed E-state index contributed by atoms with van der Waals surface area (Å²) in [6.45, 7) is 2.16. The van der Waals surface area contributed by atoms with E-state index in [0.717, 1.165) is 0 Å². The molecule has 1 atom stereocenters. The van der Waals surface area contributed by atoms with Gasteiger partial charge in [-0.1, -0.05) is 23.2 Å². The number of sulfonamides is 1. The zero-order valence-corrected chi connectivity index (χ0v) is 13.1. The standard InChI is InChI=1S/C12H15Cl2NO4S/c1-12(4-5-19-7-12)15-20(17,18)10-3-2-9(13)8(6-16)11(10)14/h2-3,15-16H,4-7H2,1H3. The van der Waals surface area contributed by atoms with Gasteiger partial charge in [-0.2, -0.15) is 0 Å². The minimum atomic E-state index is -3.81. The number of aliphatic hydroxyl groups is 1. The van der Waals surface area contributed by atoms with E-state index >= 15 is 0 Å². The largest absolute Gasteiger partial charge is 0.392 e. The maximum absolute atomic E-state index is 12.4. The van der Waals surface area contributed by atoms with Crippen molar-refractivity contribution in [3.63, 3.8) is 0 Å². The molecule has 8 heteroatoms. The van der Waals surface area contributed by atoms with Gasteiger partial charge in [-0.25, -0.2) is 13.1 Å². The molecule has 1 aliphatic heterocycles. The smallest absolute Gasteiger partial charge is 0.242 e. The first-order valence-corrected chi connectivity index (χ1v) is 8.22. The van der Waals surface area contributed by atoms with E-state index in [1.807, 2.05) is 0 Å². The van der Waals surface area contributed by atoms with Crippen molar-refractivity contribution in [3.8, 4) is 0 Å². The Balaban J connectivity index is 2.40. The summed E-state index contributed by atoms with van der Waals surface area (Å²) in [5.74, 6) is 0. The maximum Gasteiger partial charge on any atom is 0.242 e. The SMILES string of the molecule is CC1(NS(=O)(=O)c2ccc(Cl)c(CO)c2Cl)CCOC1. The monoisotopic (exact) mass is 339 g/mol. The Morgan fingerprint density at radius 1 is 1.45 bits per heavy atom. The average Bonchev–Trinajstić information content (AvgIpc) is 2.74. The Labute approximate surface area is 127 Å². The highest BCUT2D eigenvalue weighted by Crippen LogP contribution is 2.32. The van der Waals surface area contributed by atoms with Crippen molar-refractivity contribution in [3.05, 3.63) is 27.7 Å². The molecule has 1 saturated heterocycles. The van der Waals surface area contributed by atoms with Crippen molar-refractivity contribution in [2.45, 2.75) is 30.4 Å². The molecule has 0 saturated carbocycles. The Hall–Kier alpha value is -0.370. The zero-order chi connectivity index (χ0) is 15.0. The van der Waals surface area contributed by atoms with Gasteiger partial charge in [0.05, 0.1) is 23.8 Å². The zero-order valence-electron chi connectivity index (χ0n) is 10.8. The van der Waals surface area contributed by atoms with Gasteiger partial charge in [0.2, 0.25) is 10.0 Å². The number of halogens is 2. The van der Waals surface area contributed by atoms with Gasteiger partial charge in [0.15, 0.2) is 0 Å². The van der Waals surface area contributed by atoms with Gasteiger partial charge >= 0.3 is 0 Å². The molecule has 5 nitrogen and oxygen atoms in total. The van der Waals surface area contributed by atoms with E-state index in [9.17, 15) is 13.5 Å². The quantitative estimate of drug-likeness (QED) is 0.878. The van der Waals surface area contributed by atoms with E-state index in [2.05, 4.69) is 4.72 Å². The van der Waals surface area contributed by atoms with Gasteiger partial charge < -0.3 is 9.84 Å². The molecule has 20 heavy (non-hydrogen) atoms. The maximum atomic E-state index is 12.4. The highest BCUT2D eigenvalue weighted by molar-refractivity contribution is 7.89. The molecular weight excluding hydrogens is 325 g/mol. The summed E-state index contributed by atoms with van der Waals surface area (Å²) in [6.07, 6.45) is 0.588. The van der Waals surface area contributed by atoms with Crippen LogP contribution in [0, 0.1) is 0 Å². The highest BCUT2D eigenvalue weighted by Gasteiger charge is 2.35. The van der Waals surface area contributed by atoms with Gasteiger partial charge in [-0.3, -0.25) is 0 Å². The van der Waals surface area contributed by atoms with E-state index in [4.69, 9.17) is 27.9 Å². The molecule has 1 fully saturated rings. The fourth-order valence-electron chi connectivity index (χ4n) is 2.06. The van der Waals surface area contributed by atoms with Crippen LogP contribution in [0.3, 0.4) is 0 Å². The summed E-state index contributed by atoms with van der Waals surface area (Å²) in [4.78, 5) is -0.0965. The van der Waals surface area contributed by atoms with Crippen molar-refractivity contribution < 1.29 is 18.3 Å². The van der Waals surface area contributed by atoms with Crippen molar-refractivity contribution in [1.29, 1.82) is 0 Å². The summed E-state index contributed by atoms with van der Waals surface area (Å²) in [5, 5.41) is 9.39. The number of benzene rings is 1. The Kier molecular flexibility index (Phi) is 4.63. The second kappa shape index (κ2) is 5.79. The lowest BCUT2D eigenvalue weighted by atomic mass is 10.0. The molecule has 0 aromatic heterocycles. The van der Waals surface area contributed by atoms with E-state index < -0.39 is 22.2 Å². The minimum Gasteiger partial charge on any atom is -0.392 e. The van der Waals surface area contributed by atoms with Crippen LogP contribution >= 0.6 is 23.2 Å². The number of ether oxygens (including phenoxy) is 1. The molecule has 0 amide bonds. The van der Waals surface area contributed by atoms with Crippen molar-refractivity contribution in [2.75, 3.05) is 13.2 Å². The molecule has 112 valence electrons. The van der Waals surface area contributed by atoms with Crippen LogP contribution in [0.15, 0.2) is 17.0 Å². The molecule has 1 heterocycles. The highest BCUT2D eigenvalue weighted by atomic mass is 35.5. The average molecular weight is 340 g/mol. The van der Waals surface area contributed by atoms with Crippen molar-refractivity contribution >= 4 is 33.2 Å². The van der Waals surface area contributed by atoms with Crippen LogP contribution in [0.1, 0.15) is 18.9 Å². The molecule has 0 bridgehead atoms. The molecular formula is C12H15Cl2NO4S. The number of hydrogen-bond acceptors (Lipinski definition) is 4. The first-order chi connectivity index (χ1) is 9.29. The van der Waals surface area contributed by atoms with E-state index in [0.29, 0.717) is 19.6 Å². The predicted molar refractivity (Wildman–Crippen MR) is 76.5 cm³/mol. The molecule has 1 aromatic carbocycles. The topological polar surface area (TPSA) is 75.6 Å². The summed E-state index contributed by atoms with van der Waals surface area (Å²) < 4.78 is 32.6. The number of hydrogen-bond donors (Lipinski definition) is 2. The number of aliphatic hydroxyl groups excluding tert-OH is 1. The summed E-state index contributed by atoms with van der Waals surface area (Å²) in [7, 11) is -3.81. The molecule has 0 spiro atoms. The van der Waals surface area contributed by atoms with Crippen LogP contribution in [0.5, 0.6) is 0 Å². The second-order valence-electron chi connectivity index (χ2n) is 4.96. The van der Waals surface area contributed by atoms with Crippen LogP contribution in [-0.2, 0) is 21.4 Å². The van der Waals surface area contributed by atoms with E-state index in [1.165, 1.54) is 12.1 Å². The fourth-order valence-corrected chi connectivity index (χ4v) is 4.38. The Morgan fingerprint density at radius 2 is 2.15 bits per heavy atom. The van der Waals surface area contributed by atoms with Crippen LogP contribution in [0.25, 0.3) is 0 Å². The number of rotatable bonds is 4. The second-order valence-corrected chi connectivity index (χ2v) is 7.40. The lowest BCUT2D eigenvalue weighted by molar-refractivity contribution is 0.178. The molecule has 1 unspecified atom stereocenters. The third-order valence-electron chi connectivity index (χ3n) is 3.20. The van der Waals surface area contributed by atoms with Gasteiger partial charge in [0.1, 0.15) is 4.90 Å². The summed E-state index contributed by atoms with van der Waals surface area (Å²) >= 11 is 11.9. The Morgan fingerprint density at radius 3 is 2.70 bits per heavy atom. The lowest BCUT2D eigenvalue weighted by Gasteiger charge is -2.24. The molecule has 2 rings (SSSR count). The van der Waals surface area contributed by atoms with Gasteiger partial charge in [-0.15, -0.1) is 0 Å². The molecule has 0 radical (unpaired) electrons. The van der Waals surface area contributed by atoms with Gasteiger partial charge in [0.25, 0.3) is 0 Å². The number of nitrogens with one attached hydrogen (secondary N) is 1. The summed E-state index contributed by atoms with van der Waals surface area (Å²) in [6, 6.07) is 2.73. The van der Waals surface area contributed by atoms with Gasteiger partial charge in [-0.05, 0) is 25.5 Å². The normalized spacial score (nSPS) is 23.2. The minimum absolute atomic E-state index is 0.0602. The van der Waals surface area contributed by atoms with Crippen LogP contribution < -0.4 is 4.72 Å². The fraction of sp³-hybridized carbons (Fsp3) is 0.500. The molecule has 2 N–H and O–H groups in total. The first kappa shape index (κ1) is 16.0. The summed E-state index contributed by atoms with van der Waals surface area (Å²) in [5.41, 5.74) is -0.453. The van der Waals surface area contributed by atoms with Crippen molar-refractivity contribution in [1.82, 2.24) is 4.72 Å². The Bertz CT molecular complexity index is 612. The third kappa shape index (κ3) is 3.10. The van der Waals surface area contributed by atoms with Crippen molar-refractivity contribution in [2.24, 2.45) is 0 Å². The lowest BCUT2D eigenvalue weighted by Crippen LogP contribution is -2.46. The molecule has 1 aromatic rings. The van der Waals surface area contributed by atoms with E-state index in [1.54, 1.807) is 6.92 Å². The molecule has 1 aliphatic rings. The van der Waals surface area contributed by atoms with Crippen LogP contribution in [-0.4, -0.2) is 32.3 Å². The predicted octanol–water partition coefficient (Wildman–Crippen LogP) is 1.94. The van der Waals surface area contributed by atoms with Gasteiger partial charge in [0, 0.05) is 17.2 Å². The molecule has 0 aliphatic carbocycles.